The van der Waals surface area contributed by atoms with Crippen LogP contribution in [0.3, 0.4) is 0 Å². The quantitative estimate of drug-likeness (QED) is 0.611. The largest absolute Gasteiger partial charge is 0.461 e. The predicted molar refractivity (Wildman–Crippen MR) is 96.6 cm³/mol. The van der Waals surface area contributed by atoms with Gasteiger partial charge in [-0.2, -0.15) is 0 Å². The Bertz CT molecular complexity index is 1040. The minimum Gasteiger partial charge on any atom is -0.461 e. The Morgan fingerprint density at radius 2 is 1.96 bits per heavy atom. The molecule has 4 aromatic rings. The van der Waals surface area contributed by atoms with Gasteiger partial charge in [0.15, 0.2) is 11.6 Å². The summed E-state index contributed by atoms with van der Waals surface area (Å²) in [5.41, 5.74) is 2.37. The third kappa shape index (κ3) is 3.10. The number of hydrogen-bond donors (Lipinski definition) is 1. The highest BCUT2D eigenvalue weighted by molar-refractivity contribution is 5.89. The molecule has 0 atom stereocenters. The van der Waals surface area contributed by atoms with Crippen LogP contribution >= 0.6 is 0 Å². The maximum atomic E-state index is 11.3. The Labute approximate surface area is 149 Å². The Kier molecular flexibility index (Phi) is 4.03. The van der Waals surface area contributed by atoms with Crippen LogP contribution < -0.4 is 5.32 Å². The summed E-state index contributed by atoms with van der Waals surface area (Å²) in [7, 11) is 0. The van der Waals surface area contributed by atoms with E-state index in [1.807, 2.05) is 41.1 Å². The number of benzene rings is 1. The van der Waals surface area contributed by atoms with E-state index < -0.39 is 0 Å². The molecule has 0 aliphatic heterocycles. The number of nitrogens with zero attached hydrogens (tertiary/aromatic N) is 4. The first kappa shape index (κ1) is 15.8. The van der Waals surface area contributed by atoms with Crippen LogP contribution in [-0.2, 0) is 4.79 Å². The van der Waals surface area contributed by atoms with Gasteiger partial charge in [0, 0.05) is 43.1 Å². The summed E-state index contributed by atoms with van der Waals surface area (Å²) in [5, 5.41) is 2.78. The number of furan rings is 1. The molecule has 26 heavy (non-hydrogen) atoms. The standard InChI is InChI=1S/C19H15N5O2/c1-13(25)23-15-4-2-5-16(10-15)24-8-7-20-19(24)14-11-21-18(22-12-14)17-6-3-9-26-17/h2-12H,1H3,(H,23,25). The van der Waals surface area contributed by atoms with Crippen LogP contribution in [0.5, 0.6) is 0 Å². The summed E-state index contributed by atoms with van der Waals surface area (Å²) in [6.07, 6.45) is 8.56. The van der Waals surface area contributed by atoms with Crippen molar-refractivity contribution in [2.75, 3.05) is 5.32 Å². The maximum Gasteiger partial charge on any atom is 0.221 e. The van der Waals surface area contributed by atoms with E-state index in [0.717, 1.165) is 16.9 Å². The number of nitrogens with one attached hydrogen (secondary N) is 1. The van der Waals surface area contributed by atoms with Crippen molar-refractivity contribution < 1.29 is 9.21 Å². The highest BCUT2D eigenvalue weighted by atomic mass is 16.3. The van der Waals surface area contributed by atoms with Gasteiger partial charge in [0.05, 0.1) is 11.8 Å². The summed E-state index contributed by atoms with van der Waals surface area (Å²) in [5.74, 6) is 1.72. The lowest BCUT2D eigenvalue weighted by Gasteiger charge is -2.10. The van der Waals surface area contributed by atoms with Gasteiger partial charge >= 0.3 is 0 Å². The molecular weight excluding hydrogens is 330 g/mol. The zero-order valence-corrected chi connectivity index (χ0v) is 14.0. The zero-order chi connectivity index (χ0) is 17.9. The van der Waals surface area contributed by atoms with E-state index in [1.165, 1.54) is 6.92 Å². The molecule has 3 heterocycles. The van der Waals surface area contributed by atoms with Gasteiger partial charge < -0.3 is 9.73 Å². The lowest BCUT2D eigenvalue weighted by Crippen LogP contribution is -2.06. The molecular formula is C19H15N5O2. The Morgan fingerprint density at radius 1 is 1.12 bits per heavy atom. The molecule has 0 bridgehead atoms. The number of carbonyl (C=O) groups is 1. The van der Waals surface area contributed by atoms with Crippen LogP contribution in [-0.4, -0.2) is 25.4 Å². The molecule has 7 heteroatoms. The van der Waals surface area contributed by atoms with Crippen molar-refractivity contribution in [1.82, 2.24) is 19.5 Å². The first-order valence-corrected chi connectivity index (χ1v) is 7.98. The first-order chi connectivity index (χ1) is 12.7. The van der Waals surface area contributed by atoms with Crippen molar-refractivity contribution in [3.05, 3.63) is 67.4 Å². The average molecular weight is 345 g/mol. The molecule has 0 unspecified atom stereocenters. The van der Waals surface area contributed by atoms with Crippen LogP contribution in [0.2, 0.25) is 0 Å². The zero-order valence-electron chi connectivity index (χ0n) is 14.0. The Hall–Kier alpha value is -3.74. The Balaban J connectivity index is 1.68. The number of hydrogen-bond acceptors (Lipinski definition) is 5. The van der Waals surface area contributed by atoms with Gasteiger partial charge in [-0.15, -0.1) is 0 Å². The molecule has 0 saturated heterocycles. The fourth-order valence-corrected chi connectivity index (χ4v) is 2.64. The van der Waals surface area contributed by atoms with Crippen LogP contribution in [0.25, 0.3) is 28.7 Å². The fourth-order valence-electron chi connectivity index (χ4n) is 2.64. The van der Waals surface area contributed by atoms with E-state index in [-0.39, 0.29) is 5.91 Å². The lowest BCUT2D eigenvalue weighted by atomic mass is 10.2. The molecule has 1 aromatic carbocycles. The smallest absolute Gasteiger partial charge is 0.221 e. The molecule has 128 valence electrons. The molecule has 0 aliphatic carbocycles. The third-order valence-electron chi connectivity index (χ3n) is 3.74. The van der Waals surface area contributed by atoms with E-state index in [4.69, 9.17) is 4.42 Å². The summed E-state index contributed by atoms with van der Waals surface area (Å²) in [6, 6.07) is 11.1. The summed E-state index contributed by atoms with van der Waals surface area (Å²) < 4.78 is 7.22. The highest BCUT2D eigenvalue weighted by Gasteiger charge is 2.11. The second-order valence-electron chi connectivity index (χ2n) is 5.63. The molecule has 3 aromatic heterocycles. The molecule has 1 amide bonds. The van der Waals surface area contributed by atoms with Crippen LogP contribution in [0, 0.1) is 0 Å². The predicted octanol–water partition coefficient (Wildman–Crippen LogP) is 3.55. The molecule has 0 fully saturated rings. The molecule has 7 nitrogen and oxygen atoms in total. The van der Waals surface area contributed by atoms with Crippen LogP contribution in [0.15, 0.2) is 71.9 Å². The van der Waals surface area contributed by atoms with Crippen molar-refractivity contribution in [2.45, 2.75) is 6.92 Å². The van der Waals surface area contributed by atoms with Gasteiger partial charge in [0.25, 0.3) is 0 Å². The van der Waals surface area contributed by atoms with Gasteiger partial charge in [-0.25, -0.2) is 15.0 Å². The lowest BCUT2D eigenvalue weighted by molar-refractivity contribution is -0.114. The second-order valence-corrected chi connectivity index (χ2v) is 5.63. The highest BCUT2D eigenvalue weighted by Crippen LogP contribution is 2.23. The van der Waals surface area contributed by atoms with Crippen molar-refractivity contribution in [2.24, 2.45) is 0 Å². The van der Waals surface area contributed by atoms with E-state index >= 15 is 0 Å². The third-order valence-corrected chi connectivity index (χ3v) is 3.74. The number of amides is 1. The molecule has 0 aliphatic rings. The topological polar surface area (TPSA) is 85.8 Å². The number of anilines is 1. The van der Waals surface area contributed by atoms with Gasteiger partial charge in [-0.05, 0) is 30.3 Å². The van der Waals surface area contributed by atoms with Crippen molar-refractivity contribution >= 4 is 11.6 Å². The van der Waals surface area contributed by atoms with E-state index in [9.17, 15) is 4.79 Å². The van der Waals surface area contributed by atoms with E-state index in [1.54, 1.807) is 30.9 Å². The molecule has 0 spiro atoms. The minimum absolute atomic E-state index is 0.116. The summed E-state index contributed by atoms with van der Waals surface area (Å²) >= 11 is 0. The SMILES string of the molecule is CC(=O)Nc1cccc(-n2ccnc2-c2cnc(-c3ccco3)nc2)c1. The molecule has 4 rings (SSSR count). The first-order valence-electron chi connectivity index (χ1n) is 7.98. The number of imidazole rings is 1. The minimum atomic E-state index is -0.116. The molecule has 0 radical (unpaired) electrons. The summed E-state index contributed by atoms with van der Waals surface area (Å²) in [6.45, 7) is 1.48. The average Bonchev–Trinajstić information content (AvgIpc) is 3.33. The number of rotatable bonds is 4. The second kappa shape index (κ2) is 6.64. The van der Waals surface area contributed by atoms with E-state index in [2.05, 4.69) is 20.3 Å². The van der Waals surface area contributed by atoms with Crippen LogP contribution in [0.4, 0.5) is 5.69 Å². The normalized spacial score (nSPS) is 10.7. The Morgan fingerprint density at radius 3 is 2.69 bits per heavy atom. The fraction of sp³-hybridized carbons (Fsp3) is 0.0526. The molecule has 1 N–H and O–H groups in total. The van der Waals surface area contributed by atoms with Crippen molar-refractivity contribution in [3.63, 3.8) is 0 Å². The molecule has 0 saturated carbocycles. The maximum absolute atomic E-state index is 11.3. The van der Waals surface area contributed by atoms with E-state index in [0.29, 0.717) is 17.4 Å². The number of carbonyl (C=O) groups excluding carboxylic acids is 1. The monoisotopic (exact) mass is 345 g/mol. The summed E-state index contributed by atoms with van der Waals surface area (Å²) in [4.78, 5) is 24.4. The van der Waals surface area contributed by atoms with Crippen molar-refractivity contribution in [1.29, 1.82) is 0 Å². The van der Waals surface area contributed by atoms with Gasteiger partial charge in [0.2, 0.25) is 5.91 Å². The van der Waals surface area contributed by atoms with Gasteiger partial charge in [0.1, 0.15) is 5.82 Å². The van der Waals surface area contributed by atoms with Gasteiger partial charge in [-0.3, -0.25) is 9.36 Å². The van der Waals surface area contributed by atoms with Crippen LogP contribution in [0.1, 0.15) is 6.92 Å². The van der Waals surface area contributed by atoms with Crippen molar-refractivity contribution in [3.8, 4) is 28.7 Å². The van der Waals surface area contributed by atoms with Gasteiger partial charge in [-0.1, -0.05) is 6.07 Å². The number of aromatic nitrogens is 4.